The van der Waals surface area contributed by atoms with Gasteiger partial charge in [-0.25, -0.2) is 0 Å². The molecular weight excluding hydrogens is 246 g/mol. The van der Waals surface area contributed by atoms with E-state index < -0.39 is 6.10 Å². The van der Waals surface area contributed by atoms with Gasteiger partial charge < -0.3 is 10.4 Å². The van der Waals surface area contributed by atoms with Crippen molar-refractivity contribution in [2.75, 3.05) is 0 Å². The van der Waals surface area contributed by atoms with Crippen LogP contribution < -0.4 is 5.32 Å². The van der Waals surface area contributed by atoms with Gasteiger partial charge in [0.05, 0.1) is 6.10 Å². The molecule has 2 aromatic carbocycles. The first-order valence-corrected chi connectivity index (χ1v) is 7.25. The second kappa shape index (κ2) is 7.22. The average Bonchev–Trinajstić information content (AvgIpc) is 2.53. The maximum atomic E-state index is 10.3. The third-order valence-electron chi connectivity index (χ3n) is 3.67. The van der Waals surface area contributed by atoms with Crippen LogP contribution in [-0.2, 0) is 13.0 Å². The summed E-state index contributed by atoms with van der Waals surface area (Å²) in [5.74, 6) is 0. The number of aliphatic hydroxyl groups is 1. The Morgan fingerprint density at radius 3 is 2.15 bits per heavy atom. The molecule has 106 valence electrons. The molecular formula is C18H23NO. The summed E-state index contributed by atoms with van der Waals surface area (Å²) in [6, 6.07) is 18.4. The highest BCUT2D eigenvalue weighted by Crippen LogP contribution is 2.16. The highest BCUT2D eigenvalue weighted by molar-refractivity contribution is 5.23. The normalized spacial score (nSPS) is 13.9. The average molecular weight is 269 g/mol. The molecule has 0 aromatic heterocycles. The summed E-state index contributed by atoms with van der Waals surface area (Å²) in [5, 5.41) is 13.7. The number of nitrogens with one attached hydrogen (secondary N) is 1. The fraction of sp³-hybridized carbons (Fsp3) is 0.333. The molecule has 2 N–H and O–H groups in total. The van der Waals surface area contributed by atoms with Crippen molar-refractivity contribution in [3.05, 3.63) is 71.3 Å². The minimum Gasteiger partial charge on any atom is -0.387 e. The molecule has 2 nitrogen and oxygen atoms in total. The van der Waals surface area contributed by atoms with Crippen LogP contribution in [0, 0.1) is 0 Å². The number of hydrogen-bond donors (Lipinski definition) is 2. The lowest BCUT2D eigenvalue weighted by Crippen LogP contribution is -2.31. The van der Waals surface area contributed by atoms with Gasteiger partial charge in [0.15, 0.2) is 0 Å². The van der Waals surface area contributed by atoms with E-state index in [1.54, 1.807) is 0 Å². The van der Waals surface area contributed by atoms with Crippen LogP contribution in [0.3, 0.4) is 0 Å². The molecule has 2 atom stereocenters. The number of aliphatic hydroxyl groups excluding tert-OH is 1. The Hall–Kier alpha value is -1.64. The molecule has 0 saturated carbocycles. The molecule has 2 rings (SSSR count). The van der Waals surface area contributed by atoms with Crippen molar-refractivity contribution in [3.63, 3.8) is 0 Å². The predicted octanol–water partition coefficient (Wildman–Crippen LogP) is 3.46. The lowest BCUT2D eigenvalue weighted by molar-refractivity contribution is 0.135. The van der Waals surface area contributed by atoms with Gasteiger partial charge in [-0.05, 0) is 30.0 Å². The maximum Gasteiger partial charge on any atom is 0.0940 e. The van der Waals surface area contributed by atoms with Gasteiger partial charge in [0.1, 0.15) is 0 Å². The second-order valence-electron chi connectivity index (χ2n) is 5.20. The number of benzene rings is 2. The molecule has 0 amide bonds. The zero-order valence-corrected chi connectivity index (χ0v) is 12.2. The molecule has 0 aliphatic rings. The van der Waals surface area contributed by atoms with E-state index in [4.69, 9.17) is 0 Å². The van der Waals surface area contributed by atoms with Gasteiger partial charge >= 0.3 is 0 Å². The topological polar surface area (TPSA) is 32.3 Å². The maximum absolute atomic E-state index is 10.3. The Morgan fingerprint density at radius 2 is 1.55 bits per heavy atom. The van der Waals surface area contributed by atoms with Gasteiger partial charge in [0.25, 0.3) is 0 Å². The molecule has 0 radical (unpaired) electrons. The highest BCUT2D eigenvalue weighted by atomic mass is 16.3. The summed E-state index contributed by atoms with van der Waals surface area (Å²) in [6.07, 6.45) is 0.586. The first-order valence-electron chi connectivity index (χ1n) is 7.25. The SMILES string of the molecule is CCc1ccc(CNC(C)C(O)c2ccccc2)cc1. The molecule has 0 spiro atoms. The Morgan fingerprint density at radius 1 is 0.950 bits per heavy atom. The van der Waals surface area contributed by atoms with Crippen LogP contribution in [0.15, 0.2) is 54.6 Å². The minimum absolute atomic E-state index is 0.0169. The molecule has 0 aliphatic heterocycles. The quantitative estimate of drug-likeness (QED) is 0.841. The van der Waals surface area contributed by atoms with E-state index in [9.17, 15) is 5.11 Å². The Balaban J connectivity index is 1.89. The molecule has 20 heavy (non-hydrogen) atoms. The van der Waals surface area contributed by atoms with Crippen molar-refractivity contribution >= 4 is 0 Å². The van der Waals surface area contributed by atoms with Gasteiger partial charge in [-0.1, -0.05) is 61.5 Å². The lowest BCUT2D eigenvalue weighted by Gasteiger charge is -2.20. The van der Waals surface area contributed by atoms with Crippen LogP contribution in [0.5, 0.6) is 0 Å². The monoisotopic (exact) mass is 269 g/mol. The fourth-order valence-corrected chi connectivity index (χ4v) is 2.22. The van der Waals surface area contributed by atoms with Gasteiger partial charge in [-0.3, -0.25) is 0 Å². The highest BCUT2D eigenvalue weighted by Gasteiger charge is 2.15. The number of aryl methyl sites for hydroxylation is 1. The third kappa shape index (κ3) is 3.92. The van der Waals surface area contributed by atoms with Crippen LogP contribution in [0.2, 0.25) is 0 Å². The molecule has 0 heterocycles. The van der Waals surface area contributed by atoms with Gasteiger partial charge in [0.2, 0.25) is 0 Å². The van der Waals surface area contributed by atoms with Gasteiger partial charge in [-0.2, -0.15) is 0 Å². The summed E-state index contributed by atoms with van der Waals surface area (Å²) >= 11 is 0. The smallest absolute Gasteiger partial charge is 0.0940 e. The van der Waals surface area contributed by atoms with Crippen molar-refractivity contribution in [2.45, 2.75) is 39.0 Å². The second-order valence-corrected chi connectivity index (χ2v) is 5.20. The number of hydrogen-bond acceptors (Lipinski definition) is 2. The standard InChI is InChI=1S/C18H23NO/c1-3-15-9-11-16(12-10-15)13-19-14(2)18(20)17-7-5-4-6-8-17/h4-12,14,18-20H,3,13H2,1-2H3. The summed E-state index contributed by atoms with van der Waals surface area (Å²) in [5.41, 5.74) is 3.55. The zero-order chi connectivity index (χ0) is 14.4. The van der Waals surface area contributed by atoms with E-state index in [2.05, 4.69) is 36.5 Å². The van der Waals surface area contributed by atoms with E-state index in [0.717, 1.165) is 18.5 Å². The Labute approximate surface area is 121 Å². The minimum atomic E-state index is -0.480. The van der Waals surface area contributed by atoms with E-state index in [1.807, 2.05) is 37.3 Å². The van der Waals surface area contributed by atoms with Gasteiger partial charge in [-0.15, -0.1) is 0 Å². The lowest BCUT2D eigenvalue weighted by atomic mass is 10.0. The summed E-state index contributed by atoms with van der Waals surface area (Å²) in [7, 11) is 0. The summed E-state index contributed by atoms with van der Waals surface area (Å²) in [4.78, 5) is 0. The van der Waals surface area contributed by atoms with Crippen LogP contribution in [0.25, 0.3) is 0 Å². The Kier molecular flexibility index (Phi) is 5.33. The molecule has 2 heteroatoms. The van der Waals surface area contributed by atoms with E-state index in [-0.39, 0.29) is 6.04 Å². The molecule has 0 fully saturated rings. The van der Waals surface area contributed by atoms with Crippen molar-refractivity contribution in [1.82, 2.24) is 5.32 Å². The first kappa shape index (κ1) is 14.8. The molecule has 0 bridgehead atoms. The Bertz CT molecular complexity index is 507. The van der Waals surface area contributed by atoms with Crippen molar-refractivity contribution in [1.29, 1.82) is 0 Å². The molecule has 0 aliphatic carbocycles. The van der Waals surface area contributed by atoms with Crippen LogP contribution in [0.1, 0.15) is 36.6 Å². The molecule has 0 saturated heterocycles. The predicted molar refractivity (Wildman–Crippen MR) is 83.5 cm³/mol. The van der Waals surface area contributed by atoms with Gasteiger partial charge in [0, 0.05) is 12.6 Å². The van der Waals surface area contributed by atoms with E-state index in [1.165, 1.54) is 11.1 Å². The summed E-state index contributed by atoms with van der Waals surface area (Å²) < 4.78 is 0. The number of rotatable bonds is 6. The molecule has 2 aromatic rings. The zero-order valence-electron chi connectivity index (χ0n) is 12.2. The molecule has 2 unspecified atom stereocenters. The summed E-state index contributed by atoms with van der Waals surface area (Å²) in [6.45, 7) is 4.94. The van der Waals surface area contributed by atoms with Crippen molar-refractivity contribution in [3.8, 4) is 0 Å². The van der Waals surface area contributed by atoms with Crippen LogP contribution in [0.4, 0.5) is 0 Å². The van der Waals surface area contributed by atoms with Crippen LogP contribution in [-0.4, -0.2) is 11.1 Å². The third-order valence-corrected chi connectivity index (χ3v) is 3.67. The van der Waals surface area contributed by atoms with Crippen molar-refractivity contribution in [2.24, 2.45) is 0 Å². The largest absolute Gasteiger partial charge is 0.387 e. The van der Waals surface area contributed by atoms with E-state index in [0.29, 0.717) is 0 Å². The van der Waals surface area contributed by atoms with E-state index >= 15 is 0 Å². The first-order chi connectivity index (χ1) is 9.70. The van der Waals surface area contributed by atoms with Crippen LogP contribution >= 0.6 is 0 Å². The van der Waals surface area contributed by atoms with Crippen molar-refractivity contribution < 1.29 is 5.11 Å². The fourth-order valence-electron chi connectivity index (χ4n) is 2.22.